The summed E-state index contributed by atoms with van der Waals surface area (Å²) in [4.78, 5) is 80.6. The molecule has 3 rings (SSSR count). The van der Waals surface area contributed by atoms with Crippen molar-refractivity contribution < 1.29 is 43.0 Å². The maximum absolute atomic E-state index is 15.0. The van der Waals surface area contributed by atoms with Crippen LogP contribution >= 0.6 is 0 Å². The van der Waals surface area contributed by atoms with Crippen LogP contribution in [0.1, 0.15) is 85.6 Å². The number of ketones is 3. The topological polar surface area (TPSA) is 147 Å². The molecule has 46 heavy (non-hydrogen) atoms. The summed E-state index contributed by atoms with van der Waals surface area (Å²) in [6.45, 7) is 10.5. The number of hydrogen-bond acceptors (Lipinski definition) is 7. The monoisotopic (exact) mass is 644 g/mol. The number of Topliss-reactive ketones (excluding diaryl/α,β-unsaturated/α-hetero) is 3. The summed E-state index contributed by atoms with van der Waals surface area (Å²) in [5, 5.41) is 12.4. The quantitative estimate of drug-likeness (QED) is 0.255. The van der Waals surface area contributed by atoms with Crippen molar-refractivity contribution in [3.8, 4) is 0 Å². The highest BCUT2D eigenvalue weighted by Gasteiger charge is 2.55. The Morgan fingerprint density at radius 3 is 2.22 bits per heavy atom. The van der Waals surface area contributed by atoms with Crippen molar-refractivity contribution in [1.29, 1.82) is 0 Å². The Bertz CT molecular complexity index is 1280. The van der Waals surface area contributed by atoms with Gasteiger partial charge in [0.2, 0.25) is 11.7 Å². The van der Waals surface area contributed by atoms with Crippen molar-refractivity contribution in [2.45, 2.75) is 111 Å². The first-order valence-electron chi connectivity index (χ1n) is 16.3. The van der Waals surface area contributed by atoms with Gasteiger partial charge in [-0.05, 0) is 56.4 Å². The second kappa shape index (κ2) is 15.8. The number of fused-ring (bicyclic) bond motifs is 1. The Balaban J connectivity index is 1.82. The van der Waals surface area contributed by atoms with Crippen LogP contribution in [0.3, 0.4) is 0 Å². The van der Waals surface area contributed by atoms with Crippen LogP contribution in [0.15, 0.2) is 30.3 Å². The number of alkyl carbamates (subject to hydrolysis) is 1. The molecular weight excluding hydrogens is 595 g/mol. The number of rotatable bonds is 15. The van der Waals surface area contributed by atoms with Crippen molar-refractivity contribution >= 4 is 35.3 Å². The maximum atomic E-state index is 15.0. The van der Waals surface area contributed by atoms with Crippen LogP contribution in [0.4, 0.5) is 9.18 Å². The molecule has 0 spiro atoms. The van der Waals surface area contributed by atoms with Crippen molar-refractivity contribution in [3.05, 3.63) is 35.9 Å². The van der Waals surface area contributed by atoms with Gasteiger partial charge in [0.15, 0.2) is 11.6 Å². The summed E-state index contributed by atoms with van der Waals surface area (Å²) in [6.07, 6.45) is -1.79. The van der Waals surface area contributed by atoms with Crippen LogP contribution in [0.2, 0.25) is 0 Å². The number of halogens is 1. The zero-order valence-electron chi connectivity index (χ0n) is 27.8. The van der Waals surface area contributed by atoms with E-state index in [9.17, 15) is 33.9 Å². The van der Waals surface area contributed by atoms with E-state index in [2.05, 4.69) is 5.32 Å². The fourth-order valence-electron chi connectivity index (χ4n) is 6.82. The zero-order chi connectivity index (χ0) is 34.3. The van der Waals surface area contributed by atoms with E-state index in [-0.39, 0.29) is 32.2 Å². The lowest BCUT2D eigenvalue weighted by Gasteiger charge is -2.36. The Kier molecular flexibility index (Phi) is 12.6. The van der Waals surface area contributed by atoms with E-state index in [4.69, 9.17) is 4.74 Å². The number of carbonyl (C=O) groups excluding carboxylic acids is 5. The fourth-order valence-corrected chi connectivity index (χ4v) is 6.82. The zero-order valence-corrected chi connectivity index (χ0v) is 27.8. The highest BCUT2D eigenvalue weighted by Crippen LogP contribution is 2.45. The first-order valence-corrected chi connectivity index (χ1v) is 16.3. The fraction of sp³-hybridized carbons (Fsp3) is 0.657. The third-order valence-electron chi connectivity index (χ3n) is 9.11. The number of nitrogens with one attached hydrogen (secondary N) is 1. The van der Waals surface area contributed by atoms with Gasteiger partial charge in [0.05, 0.1) is 18.1 Å². The highest BCUT2D eigenvalue weighted by molar-refractivity contribution is 6.38. The third-order valence-corrected chi connectivity index (χ3v) is 9.11. The Morgan fingerprint density at radius 2 is 1.65 bits per heavy atom. The molecule has 1 saturated heterocycles. The molecule has 254 valence electrons. The largest absolute Gasteiger partial charge is 0.481 e. The molecule has 2 aliphatic rings. The molecule has 0 bridgehead atoms. The number of amides is 2. The lowest BCUT2D eigenvalue weighted by Crippen LogP contribution is -2.57. The standard InChI is InChI=1S/C35H49FN2O8/c1-7-11-22(30(41)28(40)18-23(33(43)44)16-21-12-9-8-10-13-21)17-27(39)29-24-14-15-26(36)25(24)19-38(29)32(42)31(35(4,5)6)37-34(45)46-20(2)3/h8-10,12-13,20,22-26,29,31H,7,11,14-19H2,1-6H3,(H,37,45)(H,43,44)/t22?,23-,24-,25-,26-,29?,31?/m0/s1. The summed E-state index contributed by atoms with van der Waals surface area (Å²) in [5.74, 6) is -6.93. The van der Waals surface area contributed by atoms with Crippen molar-refractivity contribution in [1.82, 2.24) is 10.2 Å². The molecule has 1 aromatic rings. The average Bonchev–Trinajstić information content (AvgIpc) is 3.53. The lowest BCUT2D eigenvalue weighted by molar-refractivity contribution is -0.146. The van der Waals surface area contributed by atoms with E-state index in [1.54, 1.807) is 65.0 Å². The molecule has 1 heterocycles. The van der Waals surface area contributed by atoms with Crippen LogP contribution in [0, 0.1) is 29.1 Å². The van der Waals surface area contributed by atoms with E-state index < -0.39 is 95.2 Å². The van der Waals surface area contributed by atoms with Crippen molar-refractivity contribution in [2.24, 2.45) is 29.1 Å². The third kappa shape index (κ3) is 9.22. The van der Waals surface area contributed by atoms with Crippen molar-refractivity contribution in [2.75, 3.05) is 6.54 Å². The molecule has 2 fully saturated rings. The molecular formula is C35H49FN2O8. The van der Waals surface area contributed by atoms with Crippen LogP contribution < -0.4 is 5.32 Å². The van der Waals surface area contributed by atoms with E-state index in [1.807, 2.05) is 6.92 Å². The van der Waals surface area contributed by atoms with Gasteiger partial charge in [0.1, 0.15) is 12.2 Å². The van der Waals surface area contributed by atoms with E-state index in [0.717, 1.165) is 5.56 Å². The molecule has 0 aromatic heterocycles. The molecule has 2 amide bonds. The second-order valence-corrected chi connectivity index (χ2v) is 14.1. The molecule has 7 atom stereocenters. The van der Waals surface area contributed by atoms with Gasteiger partial charge in [0.25, 0.3) is 0 Å². The number of ether oxygens (including phenoxy) is 1. The van der Waals surface area contributed by atoms with Crippen LogP contribution in [0.25, 0.3) is 0 Å². The van der Waals surface area contributed by atoms with Crippen LogP contribution in [0.5, 0.6) is 0 Å². The lowest BCUT2D eigenvalue weighted by atomic mass is 9.82. The van der Waals surface area contributed by atoms with Crippen LogP contribution in [-0.4, -0.2) is 76.2 Å². The minimum absolute atomic E-state index is 0.000337. The molecule has 1 saturated carbocycles. The van der Waals surface area contributed by atoms with Gasteiger partial charge in [0, 0.05) is 31.2 Å². The minimum Gasteiger partial charge on any atom is -0.481 e. The van der Waals surface area contributed by atoms with E-state index >= 15 is 4.39 Å². The summed E-state index contributed by atoms with van der Waals surface area (Å²) >= 11 is 0. The summed E-state index contributed by atoms with van der Waals surface area (Å²) in [6, 6.07) is 6.73. The summed E-state index contributed by atoms with van der Waals surface area (Å²) in [5.41, 5.74) is -0.0552. The molecule has 2 N–H and O–H groups in total. The normalized spacial score (nSPS) is 22.9. The first kappa shape index (κ1) is 36.8. The van der Waals surface area contributed by atoms with Gasteiger partial charge < -0.3 is 20.1 Å². The van der Waals surface area contributed by atoms with E-state index in [1.165, 1.54) is 4.90 Å². The van der Waals surface area contributed by atoms with E-state index in [0.29, 0.717) is 12.8 Å². The maximum Gasteiger partial charge on any atom is 0.408 e. The molecule has 3 unspecified atom stereocenters. The Labute approximate surface area is 270 Å². The molecule has 1 aliphatic heterocycles. The number of hydrogen-bond donors (Lipinski definition) is 2. The summed E-state index contributed by atoms with van der Waals surface area (Å²) in [7, 11) is 0. The summed E-state index contributed by atoms with van der Waals surface area (Å²) < 4.78 is 20.2. The number of carbonyl (C=O) groups is 6. The van der Waals surface area contributed by atoms with Gasteiger partial charge >= 0.3 is 12.1 Å². The predicted molar refractivity (Wildman–Crippen MR) is 169 cm³/mol. The molecule has 10 nitrogen and oxygen atoms in total. The Hall–Kier alpha value is -3.63. The number of carboxylic acid groups (broad SMARTS) is 1. The van der Waals surface area contributed by atoms with Gasteiger partial charge in [-0.3, -0.25) is 24.0 Å². The predicted octanol–water partition coefficient (Wildman–Crippen LogP) is 4.96. The molecule has 1 aromatic carbocycles. The second-order valence-electron chi connectivity index (χ2n) is 14.1. The molecule has 1 aliphatic carbocycles. The van der Waals surface area contributed by atoms with Gasteiger partial charge in [-0.25, -0.2) is 9.18 Å². The number of aliphatic carboxylic acids is 1. The number of carboxylic acids is 1. The number of benzene rings is 1. The average molecular weight is 645 g/mol. The first-order chi connectivity index (χ1) is 21.5. The van der Waals surface area contributed by atoms with Crippen molar-refractivity contribution in [3.63, 3.8) is 0 Å². The smallest absolute Gasteiger partial charge is 0.408 e. The number of alkyl halides is 1. The Morgan fingerprint density at radius 1 is 1.00 bits per heavy atom. The SMILES string of the molecule is CCCC(CC(=O)C1[C@H]2CC[C@H](F)[C@H]2CN1C(=O)C(NC(=O)OC(C)C)C(C)(C)C)C(=O)C(=O)C[C@H](Cc1ccccc1)C(=O)O. The van der Waals surface area contributed by atoms with Gasteiger partial charge in [-0.1, -0.05) is 64.4 Å². The molecule has 0 radical (unpaired) electrons. The number of nitrogens with zero attached hydrogens (tertiary/aromatic N) is 1. The van der Waals surface area contributed by atoms with Gasteiger partial charge in [-0.15, -0.1) is 0 Å². The molecule has 11 heteroatoms. The van der Waals surface area contributed by atoms with Crippen LogP contribution in [-0.2, 0) is 35.1 Å². The highest BCUT2D eigenvalue weighted by atomic mass is 19.1. The number of likely N-dealkylation sites (tertiary alicyclic amines) is 1. The van der Waals surface area contributed by atoms with Gasteiger partial charge in [-0.2, -0.15) is 0 Å². The minimum atomic E-state index is -1.20.